The van der Waals surface area contributed by atoms with Gasteiger partial charge in [0.25, 0.3) is 0 Å². The van der Waals surface area contributed by atoms with Gasteiger partial charge < -0.3 is 5.11 Å². The summed E-state index contributed by atoms with van der Waals surface area (Å²) in [5, 5.41) is 14.9. The maximum atomic E-state index is 10.7. The number of aryl methyl sites for hydroxylation is 2. The van der Waals surface area contributed by atoms with E-state index in [1.54, 1.807) is 12.7 Å². The molecule has 1 aliphatic heterocycles. The first kappa shape index (κ1) is 16.1. The Balaban J connectivity index is 1.67. The number of rotatable bonds is 5. The molecule has 0 radical (unpaired) electrons. The minimum absolute atomic E-state index is 0.423. The predicted octanol–water partition coefficient (Wildman–Crippen LogP) is 2.48. The Bertz CT molecular complexity index is 626. The summed E-state index contributed by atoms with van der Waals surface area (Å²) in [6.45, 7) is 6.77. The molecule has 0 saturated carbocycles. The molecule has 0 amide bonds. The van der Waals surface area contributed by atoms with E-state index in [4.69, 9.17) is 0 Å². The second-order valence-electron chi connectivity index (χ2n) is 6.62. The van der Waals surface area contributed by atoms with Crippen molar-refractivity contribution in [3.8, 4) is 0 Å². The van der Waals surface area contributed by atoms with Gasteiger partial charge in [0.1, 0.15) is 12.7 Å². The number of hydrogen-bond donors (Lipinski definition) is 1. The summed E-state index contributed by atoms with van der Waals surface area (Å²) in [6.07, 6.45) is 6.51. The summed E-state index contributed by atoms with van der Waals surface area (Å²) in [5.41, 5.74) is 3.51. The van der Waals surface area contributed by atoms with E-state index >= 15 is 0 Å². The van der Waals surface area contributed by atoms with Crippen molar-refractivity contribution in [2.75, 3.05) is 13.1 Å². The van der Waals surface area contributed by atoms with E-state index < -0.39 is 6.10 Å². The van der Waals surface area contributed by atoms with Gasteiger partial charge in [-0.15, -0.1) is 0 Å². The van der Waals surface area contributed by atoms with Gasteiger partial charge in [0.15, 0.2) is 0 Å². The minimum atomic E-state index is -0.439. The maximum Gasteiger partial charge on any atom is 0.137 e. The quantitative estimate of drug-likeness (QED) is 0.921. The van der Waals surface area contributed by atoms with Crippen molar-refractivity contribution in [3.05, 3.63) is 47.5 Å². The molecule has 5 nitrogen and oxygen atoms in total. The van der Waals surface area contributed by atoms with Gasteiger partial charge in [-0.3, -0.25) is 9.58 Å². The molecule has 5 heteroatoms. The third kappa shape index (κ3) is 3.98. The first-order valence-corrected chi connectivity index (χ1v) is 8.45. The number of piperidine rings is 1. The van der Waals surface area contributed by atoms with Gasteiger partial charge in [-0.1, -0.05) is 24.6 Å². The summed E-state index contributed by atoms with van der Waals surface area (Å²) in [5.74, 6) is 0. The number of likely N-dealkylation sites (tertiary alicyclic amines) is 1. The topological polar surface area (TPSA) is 54.2 Å². The molecule has 2 heterocycles. The highest BCUT2D eigenvalue weighted by Crippen LogP contribution is 2.23. The highest BCUT2D eigenvalue weighted by atomic mass is 16.3. The van der Waals surface area contributed by atoms with Crippen molar-refractivity contribution in [3.63, 3.8) is 0 Å². The van der Waals surface area contributed by atoms with Crippen molar-refractivity contribution in [1.29, 1.82) is 0 Å². The molecular weight excluding hydrogens is 288 g/mol. The Morgan fingerprint density at radius 3 is 2.87 bits per heavy atom. The van der Waals surface area contributed by atoms with E-state index in [2.05, 4.69) is 41.0 Å². The molecule has 3 rings (SSSR count). The molecule has 1 saturated heterocycles. The Morgan fingerprint density at radius 1 is 1.26 bits per heavy atom. The molecule has 1 aromatic carbocycles. The molecule has 1 N–H and O–H groups in total. The van der Waals surface area contributed by atoms with Gasteiger partial charge in [-0.25, -0.2) is 4.98 Å². The van der Waals surface area contributed by atoms with Crippen molar-refractivity contribution in [2.24, 2.45) is 0 Å². The van der Waals surface area contributed by atoms with E-state index in [1.807, 2.05) is 10.7 Å². The summed E-state index contributed by atoms with van der Waals surface area (Å²) in [6, 6.07) is 6.67. The fraction of sp³-hybridized carbons (Fsp3) is 0.556. The largest absolute Gasteiger partial charge is 0.387 e. The van der Waals surface area contributed by atoms with Crippen LogP contribution in [-0.2, 0) is 6.54 Å². The van der Waals surface area contributed by atoms with Crippen molar-refractivity contribution >= 4 is 0 Å². The Morgan fingerprint density at radius 2 is 2.13 bits per heavy atom. The van der Waals surface area contributed by atoms with E-state index in [0.29, 0.717) is 12.6 Å². The molecule has 1 fully saturated rings. The van der Waals surface area contributed by atoms with Crippen LogP contribution >= 0.6 is 0 Å². The average Bonchev–Trinajstić information content (AvgIpc) is 3.05. The zero-order valence-corrected chi connectivity index (χ0v) is 14.0. The van der Waals surface area contributed by atoms with E-state index in [0.717, 1.165) is 25.1 Å². The van der Waals surface area contributed by atoms with E-state index in [-0.39, 0.29) is 0 Å². The molecule has 124 valence electrons. The molecule has 0 aliphatic carbocycles. The van der Waals surface area contributed by atoms with Crippen LogP contribution in [0.1, 0.15) is 42.1 Å². The van der Waals surface area contributed by atoms with Gasteiger partial charge in [-0.05, 0) is 49.9 Å². The van der Waals surface area contributed by atoms with Gasteiger partial charge >= 0.3 is 0 Å². The average molecular weight is 314 g/mol. The first-order valence-electron chi connectivity index (χ1n) is 8.45. The molecule has 1 aliphatic rings. The maximum absolute atomic E-state index is 10.7. The van der Waals surface area contributed by atoms with Crippen LogP contribution in [0.4, 0.5) is 0 Å². The molecule has 23 heavy (non-hydrogen) atoms. The standard InChI is InChI=1S/C18H26N4O/c1-14-6-7-16(9-15(14)2)18(23)11-21-8-4-3-5-17(21)10-22-13-19-12-20-22/h6-7,9,12-13,17-18,23H,3-5,8,10-11H2,1-2H3. The van der Waals surface area contributed by atoms with Crippen molar-refractivity contribution in [2.45, 2.75) is 51.8 Å². The van der Waals surface area contributed by atoms with E-state index in [9.17, 15) is 5.11 Å². The van der Waals surface area contributed by atoms with Crippen LogP contribution < -0.4 is 0 Å². The zero-order chi connectivity index (χ0) is 16.2. The smallest absolute Gasteiger partial charge is 0.137 e. The Labute approximate surface area is 138 Å². The van der Waals surface area contributed by atoms with Crippen LogP contribution in [0.5, 0.6) is 0 Å². The molecular formula is C18H26N4O. The molecule has 1 aromatic heterocycles. The summed E-state index contributed by atoms with van der Waals surface area (Å²) in [7, 11) is 0. The lowest BCUT2D eigenvalue weighted by molar-refractivity contribution is 0.0590. The summed E-state index contributed by atoms with van der Waals surface area (Å²) < 4.78 is 1.89. The second-order valence-corrected chi connectivity index (χ2v) is 6.62. The van der Waals surface area contributed by atoms with Crippen LogP contribution in [-0.4, -0.2) is 43.9 Å². The number of hydrogen-bond acceptors (Lipinski definition) is 4. The van der Waals surface area contributed by atoms with Crippen molar-refractivity contribution < 1.29 is 5.11 Å². The lowest BCUT2D eigenvalue weighted by Gasteiger charge is -2.36. The van der Waals surface area contributed by atoms with Crippen LogP contribution in [0, 0.1) is 13.8 Å². The van der Waals surface area contributed by atoms with Crippen LogP contribution in [0.25, 0.3) is 0 Å². The second kappa shape index (κ2) is 7.23. The summed E-state index contributed by atoms with van der Waals surface area (Å²) in [4.78, 5) is 6.43. The van der Waals surface area contributed by atoms with Crippen LogP contribution in [0.15, 0.2) is 30.9 Å². The fourth-order valence-corrected chi connectivity index (χ4v) is 3.35. The zero-order valence-electron chi connectivity index (χ0n) is 14.0. The number of aromatic nitrogens is 3. The highest BCUT2D eigenvalue weighted by Gasteiger charge is 2.25. The number of aliphatic hydroxyl groups excluding tert-OH is 1. The van der Waals surface area contributed by atoms with Crippen molar-refractivity contribution in [1.82, 2.24) is 19.7 Å². The number of β-amino-alcohol motifs (C(OH)–C–C–N with tert-alkyl or cyclic N) is 1. The molecule has 2 aromatic rings. The fourth-order valence-electron chi connectivity index (χ4n) is 3.35. The minimum Gasteiger partial charge on any atom is -0.387 e. The van der Waals surface area contributed by atoms with Gasteiger partial charge in [0.2, 0.25) is 0 Å². The predicted molar refractivity (Wildman–Crippen MR) is 90.1 cm³/mol. The lowest BCUT2D eigenvalue weighted by atomic mass is 9.99. The highest BCUT2D eigenvalue weighted by molar-refractivity contribution is 5.31. The number of aliphatic hydroxyl groups is 1. The molecule has 0 bridgehead atoms. The molecule has 0 spiro atoms. The molecule has 2 unspecified atom stereocenters. The SMILES string of the molecule is Cc1ccc(C(O)CN2CCCCC2Cn2cncn2)cc1C. The summed E-state index contributed by atoms with van der Waals surface area (Å²) >= 11 is 0. The van der Waals surface area contributed by atoms with Gasteiger partial charge in [0, 0.05) is 12.6 Å². The van der Waals surface area contributed by atoms with Crippen LogP contribution in [0.3, 0.4) is 0 Å². The first-order chi connectivity index (χ1) is 11.1. The van der Waals surface area contributed by atoms with Crippen LogP contribution in [0.2, 0.25) is 0 Å². The third-order valence-electron chi connectivity index (χ3n) is 4.94. The monoisotopic (exact) mass is 314 g/mol. The lowest BCUT2D eigenvalue weighted by Crippen LogP contribution is -2.44. The Hall–Kier alpha value is -1.72. The van der Waals surface area contributed by atoms with Gasteiger partial charge in [-0.2, -0.15) is 5.10 Å². The Kier molecular flexibility index (Phi) is 5.08. The normalized spacial score (nSPS) is 20.6. The number of nitrogens with zero attached hydrogens (tertiary/aromatic N) is 4. The van der Waals surface area contributed by atoms with E-state index in [1.165, 1.54) is 24.0 Å². The third-order valence-corrected chi connectivity index (χ3v) is 4.94. The van der Waals surface area contributed by atoms with Gasteiger partial charge in [0.05, 0.1) is 12.6 Å². The molecule has 2 atom stereocenters. The number of benzene rings is 1.